The molecule has 5 aromatic carbocycles. The maximum Gasteiger partial charge on any atom is 0.112 e. The predicted molar refractivity (Wildman–Crippen MR) is 173 cm³/mol. The molecule has 190 valence electrons. The lowest BCUT2D eigenvalue weighted by atomic mass is 9.89. The number of nitrogens with one attached hydrogen (secondary N) is 1. The van der Waals surface area contributed by atoms with Crippen molar-refractivity contribution >= 4 is 59.9 Å². The highest BCUT2D eigenvalue weighted by molar-refractivity contribution is 9.10. The molecule has 1 N–H and O–H groups in total. The van der Waals surface area contributed by atoms with Gasteiger partial charge in [0.15, 0.2) is 0 Å². The fraction of sp³-hybridized carbons (Fsp3) is 0.0270. The molecule has 0 bridgehead atoms. The van der Waals surface area contributed by atoms with Crippen LogP contribution >= 0.6 is 15.9 Å². The second kappa shape index (κ2) is 9.25. The summed E-state index contributed by atoms with van der Waals surface area (Å²) < 4.78 is 3.48. The molecule has 0 saturated heterocycles. The van der Waals surface area contributed by atoms with E-state index in [1.807, 2.05) is 0 Å². The lowest BCUT2D eigenvalue weighted by molar-refractivity contribution is 0.783. The second-order valence-electron chi connectivity index (χ2n) is 10.4. The molecule has 3 heteroatoms. The Morgan fingerprint density at radius 1 is 0.650 bits per heavy atom. The Balaban J connectivity index is 1.35. The first-order chi connectivity index (χ1) is 19.7. The Morgan fingerprint density at radius 2 is 1.40 bits per heavy atom. The van der Waals surface area contributed by atoms with E-state index in [2.05, 4.69) is 165 Å². The molecule has 6 aromatic rings. The molecule has 0 spiro atoms. The number of allylic oxidation sites excluding steroid dienone is 4. The summed E-state index contributed by atoms with van der Waals surface area (Å²) in [4.78, 5) is 0. The van der Waals surface area contributed by atoms with Gasteiger partial charge in [0.25, 0.3) is 0 Å². The van der Waals surface area contributed by atoms with E-state index in [-0.39, 0.29) is 6.04 Å². The molecule has 1 unspecified atom stereocenters. The van der Waals surface area contributed by atoms with E-state index in [0.717, 1.165) is 10.3 Å². The van der Waals surface area contributed by atoms with Gasteiger partial charge in [-0.25, -0.2) is 0 Å². The van der Waals surface area contributed by atoms with Crippen LogP contribution in [0.25, 0.3) is 55.1 Å². The summed E-state index contributed by atoms with van der Waals surface area (Å²) in [6.07, 6.45) is 11.1. The molecule has 2 nitrogen and oxygen atoms in total. The normalized spacial score (nSPS) is 16.4. The molecule has 1 aliphatic heterocycles. The average Bonchev–Trinajstić information content (AvgIpc) is 3.35. The van der Waals surface area contributed by atoms with Crippen LogP contribution in [0.3, 0.4) is 0 Å². The smallest absolute Gasteiger partial charge is 0.112 e. The van der Waals surface area contributed by atoms with Crippen LogP contribution in [-0.2, 0) is 0 Å². The third-order valence-electron chi connectivity index (χ3n) is 8.08. The molecule has 0 amide bonds. The monoisotopic (exact) mass is 576 g/mol. The lowest BCUT2D eigenvalue weighted by Gasteiger charge is -2.30. The summed E-state index contributed by atoms with van der Waals surface area (Å²) in [6, 6.07) is 39.4. The molecule has 1 atom stereocenters. The SMILES string of the molecule is Brc1ccc2c(c1)c1c3ccccc3ccc1n2C1=CC(c2ccc(-c3ccccc3)cc2)=C2C=CC=CC2N1. The van der Waals surface area contributed by atoms with Crippen LogP contribution < -0.4 is 5.32 Å². The fourth-order valence-corrected chi connectivity index (χ4v) is 6.58. The Morgan fingerprint density at radius 3 is 2.27 bits per heavy atom. The van der Waals surface area contributed by atoms with Crippen molar-refractivity contribution < 1.29 is 0 Å². The van der Waals surface area contributed by atoms with E-state index in [9.17, 15) is 0 Å². The molecule has 0 radical (unpaired) electrons. The molecular weight excluding hydrogens is 552 g/mol. The van der Waals surface area contributed by atoms with Gasteiger partial charge in [0.1, 0.15) is 5.82 Å². The van der Waals surface area contributed by atoms with Gasteiger partial charge in [-0.05, 0) is 69.0 Å². The van der Waals surface area contributed by atoms with Crippen LogP contribution in [0, 0.1) is 0 Å². The lowest BCUT2D eigenvalue weighted by Crippen LogP contribution is -2.33. The Labute approximate surface area is 241 Å². The van der Waals surface area contributed by atoms with Crippen molar-refractivity contribution in [1.82, 2.24) is 9.88 Å². The number of fused-ring (bicyclic) bond motifs is 6. The minimum Gasteiger partial charge on any atom is -0.361 e. The van der Waals surface area contributed by atoms with E-state index in [4.69, 9.17) is 0 Å². The quantitative estimate of drug-likeness (QED) is 0.222. The van der Waals surface area contributed by atoms with Gasteiger partial charge < -0.3 is 5.32 Å². The van der Waals surface area contributed by atoms with Crippen LogP contribution in [0.2, 0.25) is 0 Å². The first-order valence-electron chi connectivity index (χ1n) is 13.6. The molecule has 8 rings (SSSR count). The first kappa shape index (κ1) is 23.3. The van der Waals surface area contributed by atoms with Gasteiger partial charge in [-0.2, -0.15) is 0 Å². The van der Waals surface area contributed by atoms with Gasteiger partial charge in [0.05, 0.1) is 17.1 Å². The minimum absolute atomic E-state index is 0.0946. The zero-order chi connectivity index (χ0) is 26.6. The molecule has 40 heavy (non-hydrogen) atoms. The number of benzene rings is 5. The first-order valence-corrected chi connectivity index (χ1v) is 14.4. The van der Waals surface area contributed by atoms with Crippen molar-refractivity contribution in [3.05, 3.63) is 155 Å². The zero-order valence-electron chi connectivity index (χ0n) is 21.7. The van der Waals surface area contributed by atoms with E-state index in [1.54, 1.807) is 0 Å². The summed E-state index contributed by atoms with van der Waals surface area (Å²) in [5.74, 6) is 1.08. The van der Waals surface area contributed by atoms with Crippen LogP contribution in [0.4, 0.5) is 0 Å². The Hall–Kier alpha value is -4.60. The van der Waals surface area contributed by atoms with Gasteiger partial charge >= 0.3 is 0 Å². The third kappa shape index (κ3) is 3.70. The predicted octanol–water partition coefficient (Wildman–Crippen LogP) is 9.73. The summed E-state index contributed by atoms with van der Waals surface area (Å²) in [6.45, 7) is 0. The molecule has 1 aliphatic carbocycles. The number of halogens is 1. The number of nitrogens with zero attached hydrogens (tertiary/aromatic N) is 1. The topological polar surface area (TPSA) is 17.0 Å². The third-order valence-corrected chi connectivity index (χ3v) is 8.57. The van der Waals surface area contributed by atoms with Gasteiger partial charge in [-0.1, -0.05) is 125 Å². The van der Waals surface area contributed by atoms with Crippen molar-refractivity contribution in [2.24, 2.45) is 0 Å². The van der Waals surface area contributed by atoms with Crippen LogP contribution in [0.5, 0.6) is 0 Å². The number of dihydropyridines is 1. The number of hydrogen-bond donors (Lipinski definition) is 1. The van der Waals surface area contributed by atoms with Crippen LogP contribution in [0.15, 0.2) is 150 Å². The van der Waals surface area contributed by atoms with E-state index in [0.29, 0.717) is 0 Å². The highest BCUT2D eigenvalue weighted by Crippen LogP contribution is 2.40. The molecular formula is C37H25BrN2. The molecule has 1 aromatic heterocycles. The number of aromatic nitrogens is 1. The molecule has 0 fully saturated rings. The summed E-state index contributed by atoms with van der Waals surface area (Å²) >= 11 is 3.73. The van der Waals surface area contributed by atoms with Crippen molar-refractivity contribution in [2.45, 2.75) is 6.04 Å². The molecule has 2 aliphatic rings. The maximum absolute atomic E-state index is 3.86. The van der Waals surface area contributed by atoms with Crippen molar-refractivity contribution in [3.63, 3.8) is 0 Å². The highest BCUT2D eigenvalue weighted by atomic mass is 79.9. The highest BCUT2D eigenvalue weighted by Gasteiger charge is 2.25. The van der Waals surface area contributed by atoms with E-state index < -0.39 is 0 Å². The van der Waals surface area contributed by atoms with Gasteiger partial charge in [0.2, 0.25) is 0 Å². The number of rotatable bonds is 3. The van der Waals surface area contributed by atoms with Crippen LogP contribution in [-0.4, -0.2) is 10.6 Å². The zero-order valence-corrected chi connectivity index (χ0v) is 23.3. The van der Waals surface area contributed by atoms with Crippen molar-refractivity contribution in [3.8, 4) is 11.1 Å². The number of hydrogen-bond acceptors (Lipinski definition) is 1. The van der Waals surface area contributed by atoms with Gasteiger partial charge in [0, 0.05) is 15.2 Å². The fourth-order valence-electron chi connectivity index (χ4n) is 6.22. The van der Waals surface area contributed by atoms with E-state index in [1.165, 1.54) is 60.4 Å². The summed E-state index contributed by atoms with van der Waals surface area (Å²) in [5, 5.41) is 8.90. The summed E-state index contributed by atoms with van der Waals surface area (Å²) in [7, 11) is 0. The minimum atomic E-state index is 0.0946. The van der Waals surface area contributed by atoms with Gasteiger partial charge in [-0.3, -0.25) is 4.57 Å². The molecule has 2 heterocycles. The Bertz CT molecular complexity index is 2070. The van der Waals surface area contributed by atoms with Gasteiger partial charge in [-0.15, -0.1) is 0 Å². The Kier molecular flexibility index (Phi) is 5.39. The van der Waals surface area contributed by atoms with Crippen molar-refractivity contribution in [2.75, 3.05) is 0 Å². The maximum atomic E-state index is 3.86. The largest absolute Gasteiger partial charge is 0.361 e. The molecule has 0 saturated carbocycles. The summed E-state index contributed by atoms with van der Waals surface area (Å²) in [5.41, 5.74) is 8.58. The van der Waals surface area contributed by atoms with Crippen molar-refractivity contribution in [1.29, 1.82) is 0 Å². The van der Waals surface area contributed by atoms with Crippen LogP contribution in [0.1, 0.15) is 5.56 Å². The second-order valence-corrected chi connectivity index (χ2v) is 11.3. The van der Waals surface area contributed by atoms with E-state index >= 15 is 0 Å². The average molecular weight is 578 g/mol. The standard InChI is InChI=1S/C37H25BrN2/c38-28-19-21-34-32(22-28)37-29-11-5-4-10-26(29)18-20-35(37)40(34)36-23-31(30-12-6-7-13-33(30)39-36)27-16-14-25(15-17-27)24-8-2-1-3-9-24/h1-23,33,39H.